The van der Waals surface area contributed by atoms with Crippen LogP contribution in [0.4, 0.5) is 29.3 Å². The summed E-state index contributed by atoms with van der Waals surface area (Å²) in [5, 5.41) is 7.41. The van der Waals surface area contributed by atoms with Crippen LogP contribution in [-0.4, -0.2) is 44.0 Å². The fraction of sp³-hybridized carbons (Fsp3) is 0.179. The molecular formula is C28H23F3N6O3S. The molecule has 2 heterocycles. The van der Waals surface area contributed by atoms with Crippen molar-refractivity contribution in [2.45, 2.75) is 26.6 Å². The van der Waals surface area contributed by atoms with E-state index in [0.717, 1.165) is 23.2 Å². The number of amidine groups is 1. The molecular weight excluding hydrogens is 557 g/mol. The topological polar surface area (TPSA) is 102 Å². The first-order valence-corrected chi connectivity index (χ1v) is 13.4. The number of halogens is 3. The lowest BCUT2D eigenvalue weighted by Gasteiger charge is -2.21. The van der Waals surface area contributed by atoms with Crippen molar-refractivity contribution in [1.82, 2.24) is 14.8 Å². The summed E-state index contributed by atoms with van der Waals surface area (Å²) in [4.78, 5) is 35.4. The highest BCUT2D eigenvalue weighted by Gasteiger charge is 2.33. The van der Waals surface area contributed by atoms with Gasteiger partial charge in [0.25, 0.3) is 0 Å². The number of urea groups is 1. The van der Waals surface area contributed by atoms with Gasteiger partial charge in [-0.1, -0.05) is 36.9 Å². The molecule has 1 N–H and O–H groups in total. The van der Waals surface area contributed by atoms with Crippen LogP contribution in [0.25, 0.3) is 17.1 Å². The van der Waals surface area contributed by atoms with Crippen LogP contribution in [-0.2, 0) is 11.2 Å². The standard InChI is InChI=1S/C28H23F3N6O3S/c1-3-18-6-4-5-17(2)24(18)37-23(38)15-41-27(37)34-26(39)33-20-9-7-19(8-10-20)25-32-16-36(35-25)21-11-13-22(14-12-21)40-28(29,30)31/h4-14,16H,3,15H2,1-2H3,(H,33,39)/b34-27-. The van der Waals surface area contributed by atoms with Gasteiger partial charge in [-0.2, -0.15) is 4.99 Å². The average molecular weight is 581 g/mol. The molecule has 0 radical (unpaired) electrons. The van der Waals surface area contributed by atoms with E-state index in [4.69, 9.17) is 0 Å². The van der Waals surface area contributed by atoms with Crippen LogP contribution in [0.15, 0.2) is 78.0 Å². The number of benzene rings is 3. The highest BCUT2D eigenvalue weighted by molar-refractivity contribution is 8.15. The molecule has 5 rings (SSSR count). The van der Waals surface area contributed by atoms with Gasteiger partial charge in [-0.15, -0.1) is 18.3 Å². The second-order valence-corrected chi connectivity index (χ2v) is 9.85. The van der Waals surface area contributed by atoms with Crippen molar-refractivity contribution in [3.63, 3.8) is 0 Å². The first kappa shape index (κ1) is 27.9. The van der Waals surface area contributed by atoms with E-state index in [1.54, 1.807) is 24.3 Å². The molecule has 3 amide bonds. The van der Waals surface area contributed by atoms with Gasteiger partial charge < -0.3 is 10.1 Å². The third-order valence-corrected chi connectivity index (χ3v) is 7.03. The number of aryl methyl sites for hydroxylation is 2. The predicted octanol–water partition coefficient (Wildman–Crippen LogP) is 6.37. The SMILES string of the molecule is CCc1cccc(C)c1N1C(=O)CS/C1=N\C(=O)Nc1ccc(-c2ncn(-c3ccc(OC(F)(F)F)cc3)n2)cc1. The highest BCUT2D eigenvalue weighted by Crippen LogP contribution is 2.33. The maximum Gasteiger partial charge on any atom is 0.573 e. The summed E-state index contributed by atoms with van der Waals surface area (Å²) >= 11 is 1.21. The second kappa shape index (κ2) is 11.5. The number of aliphatic imine (C=N–C) groups is 1. The number of nitrogens with zero attached hydrogens (tertiary/aromatic N) is 5. The lowest BCUT2D eigenvalue weighted by molar-refractivity contribution is -0.274. The van der Waals surface area contributed by atoms with Crippen LogP contribution in [0.3, 0.4) is 0 Å². The molecule has 1 aliphatic heterocycles. The fourth-order valence-corrected chi connectivity index (χ4v) is 5.10. The van der Waals surface area contributed by atoms with Crippen molar-refractivity contribution in [3.8, 4) is 22.8 Å². The van der Waals surface area contributed by atoms with Crippen molar-refractivity contribution in [2.24, 2.45) is 4.99 Å². The largest absolute Gasteiger partial charge is 0.573 e. The highest BCUT2D eigenvalue weighted by atomic mass is 32.2. The monoisotopic (exact) mass is 580 g/mol. The van der Waals surface area contributed by atoms with Crippen LogP contribution >= 0.6 is 11.8 Å². The zero-order chi connectivity index (χ0) is 29.1. The first-order valence-electron chi connectivity index (χ1n) is 12.4. The molecule has 41 heavy (non-hydrogen) atoms. The number of anilines is 2. The Morgan fingerprint density at radius 3 is 2.51 bits per heavy atom. The van der Waals surface area contributed by atoms with Gasteiger partial charge in [-0.25, -0.2) is 14.5 Å². The van der Waals surface area contributed by atoms with E-state index in [-0.39, 0.29) is 17.4 Å². The molecule has 1 aromatic heterocycles. The zero-order valence-corrected chi connectivity index (χ0v) is 22.7. The summed E-state index contributed by atoms with van der Waals surface area (Å²) < 4.78 is 42.5. The number of hydrogen-bond donors (Lipinski definition) is 1. The Hall–Kier alpha value is -4.65. The van der Waals surface area contributed by atoms with Gasteiger partial charge in [0.1, 0.15) is 12.1 Å². The van der Waals surface area contributed by atoms with Crippen LogP contribution in [0.5, 0.6) is 5.75 Å². The molecule has 13 heteroatoms. The third-order valence-electron chi connectivity index (χ3n) is 6.11. The van der Waals surface area contributed by atoms with Crippen molar-refractivity contribution in [3.05, 3.63) is 84.2 Å². The first-order chi connectivity index (χ1) is 19.6. The van der Waals surface area contributed by atoms with Crippen molar-refractivity contribution in [1.29, 1.82) is 0 Å². The smallest absolute Gasteiger partial charge is 0.406 e. The van der Waals surface area contributed by atoms with E-state index in [9.17, 15) is 22.8 Å². The number of amides is 3. The number of hydrogen-bond acceptors (Lipinski definition) is 6. The summed E-state index contributed by atoms with van der Waals surface area (Å²) in [5.41, 5.74) is 4.31. The number of rotatable bonds is 6. The van der Waals surface area contributed by atoms with Gasteiger partial charge in [0.2, 0.25) is 5.91 Å². The number of thioether (sulfide) groups is 1. The molecule has 4 aromatic rings. The predicted molar refractivity (Wildman–Crippen MR) is 150 cm³/mol. The number of carbonyl (C=O) groups excluding carboxylic acids is 2. The number of alkyl halides is 3. The van der Waals surface area contributed by atoms with Gasteiger partial charge in [0.05, 0.1) is 17.1 Å². The number of para-hydroxylation sites is 1. The lowest BCUT2D eigenvalue weighted by Crippen LogP contribution is -2.31. The Balaban J connectivity index is 1.27. The number of ether oxygens (including phenoxy) is 1. The third kappa shape index (κ3) is 6.40. The molecule has 9 nitrogen and oxygen atoms in total. The lowest BCUT2D eigenvalue weighted by atomic mass is 10.0. The minimum Gasteiger partial charge on any atom is -0.406 e. The summed E-state index contributed by atoms with van der Waals surface area (Å²) in [5.74, 6) is 0.104. The number of carbonyl (C=O) groups is 2. The molecule has 1 saturated heterocycles. The fourth-order valence-electron chi connectivity index (χ4n) is 4.25. The van der Waals surface area contributed by atoms with E-state index < -0.39 is 12.4 Å². The Kier molecular flexibility index (Phi) is 7.79. The van der Waals surface area contributed by atoms with Crippen molar-refractivity contribution >= 4 is 40.2 Å². The molecule has 0 atom stereocenters. The van der Waals surface area contributed by atoms with E-state index in [0.29, 0.717) is 27.9 Å². The summed E-state index contributed by atoms with van der Waals surface area (Å²) in [6, 6.07) is 17.2. The quantitative estimate of drug-likeness (QED) is 0.284. The van der Waals surface area contributed by atoms with Crippen LogP contribution in [0, 0.1) is 6.92 Å². The molecule has 0 saturated carbocycles. The Morgan fingerprint density at radius 1 is 1.10 bits per heavy atom. The molecule has 0 aliphatic carbocycles. The Morgan fingerprint density at radius 2 is 1.83 bits per heavy atom. The van der Waals surface area contributed by atoms with Crippen LogP contribution < -0.4 is 15.0 Å². The summed E-state index contributed by atoms with van der Waals surface area (Å²) in [7, 11) is 0. The van der Waals surface area contributed by atoms with Gasteiger partial charge in [0, 0.05) is 11.3 Å². The molecule has 0 spiro atoms. The van der Waals surface area contributed by atoms with Crippen molar-refractivity contribution in [2.75, 3.05) is 16.0 Å². The molecule has 1 aliphatic rings. The zero-order valence-electron chi connectivity index (χ0n) is 21.8. The number of nitrogens with one attached hydrogen (secondary N) is 1. The Bertz CT molecular complexity index is 1620. The second-order valence-electron chi connectivity index (χ2n) is 8.91. The summed E-state index contributed by atoms with van der Waals surface area (Å²) in [6.45, 7) is 3.93. The van der Waals surface area contributed by atoms with E-state index in [1.165, 1.54) is 51.9 Å². The van der Waals surface area contributed by atoms with E-state index >= 15 is 0 Å². The van der Waals surface area contributed by atoms with Crippen LogP contribution in [0.2, 0.25) is 0 Å². The summed E-state index contributed by atoms with van der Waals surface area (Å²) in [6.07, 6.45) is -2.60. The Labute approximate surface area is 237 Å². The maximum atomic E-state index is 12.8. The van der Waals surface area contributed by atoms with Crippen LogP contribution in [0.1, 0.15) is 18.1 Å². The van der Waals surface area contributed by atoms with E-state index in [2.05, 4.69) is 25.1 Å². The van der Waals surface area contributed by atoms with E-state index in [1.807, 2.05) is 32.0 Å². The minimum absolute atomic E-state index is 0.132. The molecule has 210 valence electrons. The van der Waals surface area contributed by atoms with Crippen molar-refractivity contribution < 1.29 is 27.5 Å². The molecule has 3 aromatic carbocycles. The molecule has 0 unspecified atom stereocenters. The van der Waals surface area contributed by atoms with Gasteiger partial charge >= 0.3 is 12.4 Å². The number of aromatic nitrogens is 3. The molecule has 0 bridgehead atoms. The van der Waals surface area contributed by atoms with Gasteiger partial charge in [-0.3, -0.25) is 9.69 Å². The van der Waals surface area contributed by atoms with Gasteiger partial charge in [0.15, 0.2) is 11.0 Å². The maximum absolute atomic E-state index is 12.8. The van der Waals surface area contributed by atoms with Gasteiger partial charge in [-0.05, 0) is 73.0 Å². The minimum atomic E-state index is -4.77. The normalized spacial score (nSPS) is 14.5. The molecule has 1 fully saturated rings. The average Bonchev–Trinajstić information content (AvgIpc) is 3.56.